The summed E-state index contributed by atoms with van der Waals surface area (Å²) in [4.78, 5) is 46.6. The van der Waals surface area contributed by atoms with Gasteiger partial charge in [-0.25, -0.2) is 14.4 Å². The van der Waals surface area contributed by atoms with Crippen LogP contribution in [0.4, 0.5) is 0 Å². The van der Waals surface area contributed by atoms with Crippen molar-refractivity contribution in [2.75, 3.05) is 0 Å². The van der Waals surface area contributed by atoms with Crippen LogP contribution in [0.5, 0.6) is 0 Å². The Kier molecular flexibility index (Phi) is 4.33. The summed E-state index contributed by atoms with van der Waals surface area (Å²) < 4.78 is 5.35. The van der Waals surface area contributed by atoms with Crippen molar-refractivity contribution in [1.82, 2.24) is 9.55 Å². The van der Waals surface area contributed by atoms with Gasteiger partial charge in [0.25, 0.3) is 5.56 Å². The Labute approximate surface area is 125 Å². The highest BCUT2D eigenvalue weighted by atomic mass is 16.6. The Bertz CT molecular complexity index is 752. The number of H-pyrrole nitrogens is 1. The fraction of sp³-hybridized carbons (Fsp3) is 0.455. The molecule has 0 aliphatic carbocycles. The number of nitrogens with one attached hydrogen (secondary N) is 1. The molecule has 6 N–H and O–H groups in total. The molecule has 1 aromatic heterocycles. The van der Waals surface area contributed by atoms with Gasteiger partial charge in [-0.15, -0.1) is 0 Å². The first-order valence-electron chi connectivity index (χ1n) is 6.15. The molecule has 1 aliphatic rings. The van der Waals surface area contributed by atoms with Crippen molar-refractivity contribution >= 4 is 11.9 Å². The number of carboxylic acids is 2. The van der Waals surface area contributed by atoms with Crippen LogP contribution in [0.3, 0.4) is 0 Å². The topological polar surface area (TPSA) is 199 Å². The first kappa shape index (κ1) is 16.8. The van der Waals surface area contributed by atoms with Crippen molar-refractivity contribution in [3.05, 3.63) is 32.6 Å². The van der Waals surface area contributed by atoms with Crippen molar-refractivity contribution in [3.63, 3.8) is 0 Å². The summed E-state index contributed by atoms with van der Waals surface area (Å²) in [6.45, 7) is 0. The zero-order valence-corrected chi connectivity index (χ0v) is 11.2. The van der Waals surface area contributed by atoms with Crippen LogP contribution in [0, 0.1) is 0 Å². The van der Waals surface area contributed by atoms with Crippen LogP contribution in [-0.2, 0) is 14.3 Å². The molecule has 2 rings (SSSR count). The molecule has 0 radical (unpaired) electrons. The average Bonchev–Trinajstić information content (AvgIpc) is 2.75. The van der Waals surface area contributed by atoms with E-state index in [0.29, 0.717) is 10.8 Å². The largest absolute Gasteiger partial charge is 0.479 e. The van der Waals surface area contributed by atoms with Crippen LogP contribution in [-0.4, -0.2) is 65.3 Å². The molecular formula is C11H12N2O10. The van der Waals surface area contributed by atoms with Crippen LogP contribution < -0.4 is 11.2 Å². The van der Waals surface area contributed by atoms with Gasteiger partial charge in [0.1, 0.15) is 12.2 Å². The van der Waals surface area contributed by atoms with Crippen molar-refractivity contribution in [1.29, 1.82) is 0 Å². The van der Waals surface area contributed by atoms with E-state index in [2.05, 4.69) is 0 Å². The minimum absolute atomic E-state index is 0.486. The summed E-state index contributed by atoms with van der Waals surface area (Å²) >= 11 is 0. The predicted molar refractivity (Wildman–Crippen MR) is 67.5 cm³/mol. The first-order chi connectivity index (χ1) is 10.6. The number of hydrogen-bond donors (Lipinski definition) is 6. The minimum atomic E-state index is -2.26. The van der Waals surface area contributed by atoms with E-state index >= 15 is 0 Å². The Morgan fingerprint density at radius 2 is 1.83 bits per heavy atom. The van der Waals surface area contributed by atoms with Gasteiger partial charge in [0.2, 0.25) is 0 Å². The van der Waals surface area contributed by atoms with Gasteiger partial charge in [-0.1, -0.05) is 0 Å². The molecule has 23 heavy (non-hydrogen) atoms. The molecular weight excluding hydrogens is 320 g/mol. The van der Waals surface area contributed by atoms with Gasteiger partial charge in [-0.05, 0) is 0 Å². The van der Waals surface area contributed by atoms with Gasteiger partial charge in [0, 0.05) is 6.20 Å². The summed E-state index contributed by atoms with van der Waals surface area (Å²) in [6, 6.07) is 0. The summed E-state index contributed by atoms with van der Waals surface area (Å²) in [7, 11) is 0. The molecule has 1 unspecified atom stereocenters. The summed E-state index contributed by atoms with van der Waals surface area (Å²) in [6.07, 6.45) is -8.87. The van der Waals surface area contributed by atoms with Crippen molar-refractivity contribution in [3.8, 4) is 0 Å². The lowest BCUT2D eigenvalue weighted by Gasteiger charge is -2.18. The van der Waals surface area contributed by atoms with E-state index in [4.69, 9.17) is 14.9 Å². The van der Waals surface area contributed by atoms with Crippen LogP contribution in [0.15, 0.2) is 15.8 Å². The number of ether oxygens (including phenoxy) is 1. The summed E-state index contributed by atoms with van der Waals surface area (Å²) in [5.41, 5.74) is -3.07. The molecule has 0 amide bonds. The van der Waals surface area contributed by atoms with Gasteiger partial charge in [-0.3, -0.25) is 14.3 Å². The number of aliphatic hydroxyl groups is 3. The number of nitrogens with zero attached hydrogens (tertiary/aromatic N) is 1. The summed E-state index contributed by atoms with van der Waals surface area (Å²) in [5.74, 6) is -3.36. The Morgan fingerprint density at radius 3 is 2.30 bits per heavy atom. The normalized spacial score (nSPS) is 28.5. The van der Waals surface area contributed by atoms with E-state index < -0.39 is 59.4 Å². The van der Waals surface area contributed by atoms with Crippen molar-refractivity contribution in [2.24, 2.45) is 0 Å². The highest BCUT2D eigenvalue weighted by molar-refractivity contribution is 5.74. The first-order valence-corrected chi connectivity index (χ1v) is 6.15. The van der Waals surface area contributed by atoms with E-state index in [9.17, 15) is 34.5 Å². The number of aliphatic hydroxyl groups excluding tert-OH is 3. The molecule has 12 heteroatoms. The zero-order chi connectivity index (χ0) is 17.5. The van der Waals surface area contributed by atoms with Gasteiger partial charge >= 0.3 is 17.6 Å². The van der Waals surface area contributed by atoms with Crippen LogP contribution in [0.25, 0.3) is 0 Å². The molecule has 1 fully saturated rings. The van der Waals surface area contributed by atoms with Crippen LogP contribution >= 0.6 is 0 Å². The van der Waals surface area contributed by atoms with Gasteiger partial charge in [0.15, 0.2) is 18.4 Å². The fourth-order valence-electron chi connectivity index (χ4n) is 2.11. The second kappa shape index (κ2) is 5.92. The van der Waals surface area contributed by atoms with Crippen LogP contribution in [0.2, 0.25) is 0 Å². The van der Waals surface area contributed by atoms with E-state index in [1.165, 1.54) is 0 Å². The number of carboxylic acid groups (broad SMARTS) is 2. The maximum absolute atomic E-state index is 11.8. The summed E-state index contributed by atoms with van der Waals surface area (Å²) in [5, 5.41) is 46.3. The van der Waals surface area contributed by atoms with E-state index in [1.54, 1.807) is 4.98 Å². The van der Waals surface area contributed by atoms with E-state index in [0.717, 1.165) is 0 Å². The predicted octanol–water partition coefficient (Wildman–Crippen LogP) is -3.64. The fourth-order valence-corrected chi connectivity index (χ4v) is 2.11. The maximum Gasteiger partial charge on any atom is 0.337 e. The van der Waals surface area contributed by atoms with Crippen LogP contribution in [0.1, 0.15) is 17.9 Å². The molecule has 1 saturated heterocycles. The maximum atomic E-state index is 11.8. The second-order valence-electron chi connectivity index (χ2n) is 4.76. The molecule has 2 heterocycles. The number of carbonyl (C=O) groups is 2. The SMILES string of the molecule is O=C(O)C(O)c1cn([C@@H]2O[C@H](C(=O)O)[C@@H](O)[C@H]2O)c(=O)[nH]c1=O. The average molecular weight is 332 g/mol. The number of aromatic nitrogens is 2. The zero-order valence-electron chi connectivity index (χ0n) is 11.2. The quantitative estimate of drug-likeness (QED) is 0.319. The third-order valence-electron chi connectivity index (χ3n) is 3.28. The van der Waals surface area contributed by atoms with Crippen molar-refractivity contribution in [2.45, 2.75) is 30.6 Å². The second-order valence-corrected chi connectivity index (χ2v) is 4.76. The Hall–Kier alpha value is -2.54. The van der Waals surface area contributed by atoms with Gasteiger partial charge < -0.3 is 30.3 Å². The van der Waals surface area contributed by atoms with Gasteiger partial charge in [0.05, 0.1) is 5.56 Å². The highest BCUT2D eigenvalue weighted by Gasteiger charge is 2.48. The van der Waals surface area contributed by atoms with Crippen molar-refractivity contribution < 1.29 is 39.9 Å². The number of aromatic amines is 1. The number of hydrogen-bond acceptors (Lipinski definition) is 8. The Balaban J connectivity index is 2.50. The third kappa shape index (κ3) is 2.87. The monoisotopic (exact) mass is 332 g/mol. The molecule has 1 aromatic rings. The van der Waals surface area contributed by atoms with E-state index in [-0.39, 0.29) is 0 Å². The molecule has 0 spiro atoms. The molecule has 12 nitrogen and oxygen atoms in total. The highest BCUT2D eigenvalue weighted by Crippen LogP contribution is 2.28. The molecule has 0 aromatic carbocycles. The lowest BCUT2D eigenvalue weighted by Crippen LogP contribution is -2.40. The molecule has 5 atom stereocenters. The standard InChI is InChI=1S/C11H12N2O10/c14-3(9(18)19)2-1-13(11(22)12-7(2)17)8-5(16)4(15)6(23-8)10(20)21/h1,3-6,8,14-16H,(H,18,19)(H,20,21)(H,12,17,22)/t3?,4-,5+,6-,8+/m0/s1. The lowest BCUT2D eigenvalue weighted by atomic mass is 10.1. The molecule has 0 bridgehead atoms. The molecule has 0 saturated carbocycles. The smallest absolute Gasteiger partial charge is 0.337 e. The number of rotatable bonds is 4. The lowest BCUT2D eigenvalue weighted by molar-refractivity contribution is -0.155. The molecule has 126 valence electrons. The molecule has 1 aliphatic heterocycles. The Morgan fingerprint density at radius 1 is 1.22 bits per heavy atom. The van der Waals surface area contributed by atoms with E-state index in [1.807, 2.05) is 0 Å². The van der Waals surface area contributed by atoms with Gasteiger partial charge in [-0.2, -0.15) is 0 Å². The minimum Gasteiger partial charge on any atom is -0.479 e. The number of aliphatic carboxylic acids is 2. The third-order valence-corrected chi connectivity index (χ3v) is 3.28.